The number of benzene rings is 1. The van der Waals surface area contributed by atoms with Gasteiger partial charge in [-0.1, -0.05) is 25.5 Å². The van der Waals surface area contributed by atoms with Crippen LogP contribution in [0.5, 0.6) is 5.88 Å². The molecule has 0 atom stereocenters. The molecule has 0 aliphatic rings. The molecule has 1 aromatic carbocycles. The van der Waals surface area contributed by atoms with Gasteiger partial charge in [0.15, 0.2) is 0 Å². The second-order valence-electron chi connectivity index (χ2n) is 3.99. The van der Waals surface area contributed by atoms with E-state index in [0.717, 1.165) is 29.8 Å². The third kappa shape index (κ3) is 2.08. The lowest BCUT2D eigenvalue weighted by atomic mass is 10.2. The minimum absolute atomic E-state index is 0.203. The minimum Gasteiger partial charge on any atom is -0.493 e. The van der Waals surface area contributed by atoms with E-state index in [1.807, 2.05) is 31.2 Å². The van der Waals surface area contributed by atoms with Gasteiger partial charge < -0.3 is 5.11 Å². The van der Waals surface area contributed by atoms with E-state index in [1.165, 1.54) is 0 Å². The highest BCUT2D eigenvalue weighted by Gasteiger charge is 2.07. The second-order valence-corrected chi connectivity index (χ2v) is 3.99. The third-order valence-corrected chi connectivity index (χ3v) is 2.49. The fourth-order valence-electron chi connectivity index (χ4n) is 1.75. The summed E-state index contributed by atoms with van der Waals surface area (Å²) in [5.41, 5.74) is 2.99. The van der Waals surface area contributed by atoms with Crippen LogP contribution in [0.25, 0.3) is 5.69 Å². The molecule has 0 unspecified atom stereocenters. The molecule has 0 aliphatic heterocycles. The van der Waals surface area contributed by atoms with Crippen LogP contribution in [0.2, 0.25) is 0 Å². The summed E-state index contributed by atoms with van der Waals surface area (Å²) >= 11 is 0. The molecular weight excluding hydrogens is 200 g/mol. The van der Waals surface area contributed by atoms with Crippen LogP contribution in [0.4, 0.5) is 0 Å². The Morgan fingerprint density at radius 2 is 2.12 bits per heavy atom. The second kappa shape index (κ2) is 4.39. The maximum atomic E-state index is 9.80. The molecule has 3 nitrogen and oxygen atoms in total. The Morgan fingerprint density at radius 3 is 2.81 bits per heavy atom. The average molecular weight is 216 g/mol. The van der Waals surface area contributed by atoms with Crippen molar-refractivity contribution in [3.8, 4) is 11.6 Å². The fraction of sp³-hybridized carbons (Fsp3) is 0.308. The van der Waals surface area contributed by atoms with Crippen LogP contribution in [-0.2, 0) is 6.42 Å². The molecule has 0 amide bonds. The number of hydrogen-bond acceptors (Lipinski definition) is 2. The van der Waals surface area contributed by atoms with Gasteiger partial charge >= 0.3 is 0 Å². The summed E-state index contributed by atoms with van der Waals surface area (Å²) in [5, 5.41) is 14.2. The number of aromatic nitrogens is 2. The smallest absolute Gasteiger partial charge is 0.214 e. The number of hydrogen-bond donors (Lipinski definition) is 1. The highest BCUT2D eigenvalue weighted by Crippen LogP contribution is 2.19. The molecule has 0 aliphatic carbocycles. The lowest BCUT2D eigenvalue weighted by molar-refractivity contribution is 0.433. The molecule has 16 heavy (non-hydrogen) atoms. The first kappa shape index (κ1) is 10.7. The number of nitrogens with zero attached hydrogens (tertiary/aromatic N) is 2. The van der Waals surface area contributed by atoms with Crippen LogP contribution in [0.3, 0.4) is 0 Å². The van der Waals surface area contributed by atoms with E-state index in [9.17, 15) is 5.11 Å². The van der Waals surface area contributed by atoms with Crippen molar-refractivity contribution in [3.63, 3.8) is 0 Å². The van der Waals surface area contributed by atoms with Crippen molar-refractivity contribution in [1.29, 1.82) is 0 Å². The lowest BCUT2D eigenvalue weighted by Gasteiger charge is -2.03. The van der Waals surface area contributed by atoms with E-state index in [1.54, 1.807) is 10.7 Å². The van der Waals surface area contributed by atoms with Gasteiger partial charge in [-0.2, -0.15) is 5.10 Å². The Bertz CT molecular complexity index is 488. The van der Waals surface area contributed by atoms with Gasteiger partial charge in [0.25, 0.3) is 0 Å². The Morgan fingerprint density at radius 1 is 1.31 bits per heavy atom. The maximum Gasteiger partial charge on any atom is 0.214 e. The summed E-state index contributed by atoms with van der Waals surface area (Å²) < 4.78 is 1.58. The van der Waals surface area contributed by atoms with Gasteiger partial charge in [0.05, 0.1) is 11.4 Å². The van der Waals surface area contributed by atoms with Crippen molar-refractivity contribution in [2.75, 3.05) is 0 Å². The average Bonchev–Trinajstić information content (AvgIpc) is 2.60. The van der Waals surface area contributed by atoms with Crippen LogP contribution < -0.4 is 0 Å². The summed E-state index contributed by atoms with van der Waals surface area (Å²) in [6, 6.07) is 9.66. The molecule has 0 radical (unpaired) electrons. The summed E-state index contributed by atoms with van der Waals surface area (Å²) in [4.78, 5) is 0. The van der Waals surface area contributed by atoms with Gasteiger partial charge in [-0.05, 0) is 31.0 Å². The van der Waals surface area contributed by atoms with Crippen molar-refractivity contribution in [2.45, 2.75) is 26.7 Å². The first-order valence-corrected chi connectivity index (χ1v) is 5.55. The zero-order chi connectivity index (χ0) is 11.5. The molecular formula is C13H16N2O. The summed E-state index contributed by atoms with van der Waals surface area (Å²) in [6.07, 6.45) is 1.93. The van der Waals surface area contributed by atoms with E-state index in [0.29, 0.717) is 0 Å². The molecule has 0 fully saturated rings. The topological polar surface area (TPSA) is 38.0 Å². The van der Waals surface area contributed by atoms with Crippen molar-refractivity contribution >= 4 is 0 Å². The van der Waals surface area contributed by atoms with Gasteiger partial charge in [0.1, 0.15) is 0 Å². The van der Waals surface area contributed by atoms with Crippen LogP contribution in [0.15, 0.2) is 30.3 Å². The highest BCUT2D eigenvalue weighted by atomic mass is 16.3. The molecule has 2 rings (SSSR count). The molecule has 0 spiro atoms. The van der Waals surface area contributed by atoms with E-state index in [4.69, 9.17) is 0 Å². The Balaban J connectivity index is 2.40. The van der Waals surface area contributed by atoms with Crippen molar-refractivity contribution in [3.05, 3.63) is 41.6 Å². The largest absolute Gasteiger partial charge is 0.493 e. The van der Waals surface area contributed by atoms with E-state index in [2.05, 4.69) is 12.0 Å². The van der Waals surface area contributed by atoms with Crippen LogP contribution in [0.1, 0.15) is 24.6 Å². The van der Waals surface area contributed by atoms with Crippen molar-refractivity contribution in [1.82, 2.24) is 9.78 Å². The number of rotatable bonds is 3. The van der Waals surface area contributed by atoms with Crippen molar-refractivity contribution in [2.24, 2.45) is 0 Å². The van der Waals surface area contributed by atoms with Gasteiger partial charge in [0, 0.05) is 6.07 Å². The predicted octanol–water partition coefficient (Wildman–Crippen LogP) is 2.84. The van der Waals surface area contributed by atoms with E-state index in [-0.39, 0.29) is 5.88 Å². The summed E-state index contributed by atoms with van der Waals surface area (Å²) in [6.45, 7) is 4.12. The Labute approximate surface area is 95.3 Å². The summed E-state index contributed by atoms with van der Waals surface area (Å²) in [5.74, 6) is 0.203. The lowest BCUT2D eigenvalue weighted by Crippen LogP contribution is -1.97. The van der Waals surface area contributed by atoms with E-state index < -0.39 is 0 Å². The summed E-state index contributed by atoms with van der Waals surface area (Å²) in [7, 11) is 0. The van der Waals surface area contributed by atoms with Crippen LogP contribution in [0, 0.1) is 6.92 Å². The molecule has 1 aromatic heterocycles. The number of aryl methyl sites for hydroxylation is 2. The molecule has 0 bridgehead atoms. The quantitative estimate of drug-likeness (QED) is 0.856. The van der Waals surface area contributed by atoms with Crippen LogP contribution >= 0.6 is 0 Å². The molecule has 0 saturated carbocycles. The fourth-order valence-corrected chi connectivity index (χ4v) is 1.75. The maximum absolute atomic E-state index is 9.80. The Kier molecular flexibility index (Phi) is 2.95. The zero-order valence-electron chi connectivity index (χ0n) is 9.64. The molecule has 84 valence electrons. The molecule has 2 aromatic rings. The SMILES string of the molecule is CCCc1cc(O)n(-c2cccc(C)c2)n1. The third-order valence-electron chi connectivity index (χ3n) is 2.49. The monoisotopic (exact) mass is 216 g/mol. The minimum atomic E-state index is 0.203. The van der Waals surface area contributed by atoms with Crippen LogP contribution in [-0.4, -0.2) is 14.9 Å². The van der Waals surface area contributed by atoms with E-state index >= 15 is 0 Å². The first-order chi connectivity index (χ1) is 7.70. The predicted molar refractivity (Wildman–Crippen MR) is 64.0 cm³/mol. The first-order valence-electron chi connectivity index (χ1n) is 5.55. The van der Waals surface area contributed by atoms with Crippen molar-refractivity contribution < 1.29 is 5.11 Å². The normalized spacial score (nSPS) is 10.6. The van der Waals surface area contributed by atoms with Gasteiger partial charge in [-0.15, -0.1) is 0 Å². The molecule has 1 heterocycles. The van der Waals surface area contributed by atoms with Gasteiger partial charge in [0.2, 0.25) is 5.88 Å². The zero-order valence-corrected chi connectivity index (χ0v) is 9.64. The Hall–Kier alpha value is -1.77. The molecule has 0 saturated heterocycles. The van der Waals surface area contributed by atoms with Gasteiger partial charge in [-0.25, -0.2) is 4.68 Å². The molecule has 1 N–H and O–H groups in total. The number of aromatic hydroxyl groups is 1. The van der Waals surface area contributed by atoms with Gasteiger partial charge in [-0.3, -0.25) is 0 Å². The standard InChI is InChI=1S/C13H16N2O/c1-3-5-11-9-13(16)15(14-11)12-7-4-6-10(2)8-12/h4,6-9,16H,3,5H2,1-2H3. The highest BCUT2D eigenvalue weighted by molar-refractivity contribution is 5.38. The molecule has 3 heteroatoms.